The largest absolute Gasteiger partial charge is 0.463 e. The van der Waals surface area contributed by atoms with E-state index >= 15 is 0 Å². The first kappa shape index (κ1) is 52.6. The first-order valence-electron chi connectivity index (χ1n) is 23.9. The van der Waals surface area contributed by atoms with Gasteiger partial charge in [0.25, 0.3) is 0 Å². The fourth-order valence-corrected chi connectivity index (χ4v) is 13.0. The summed E-state index contributed by atoms with van der Waals surface area (Å²) in [5.41, 5.74) is 5.31. The van der Waals surface area contributed by atoms with Crippen molar-refractivity contribution < 1.29 is 86.0 Å². The molecule has 4 aliphatic carbocycles. The normalized spacial score (nSPS) is 38.6. The fraction of sp³-hybridized carbons (Fsp3) is 0.714. The van der Waals surface area contributed by atoms with Crippen molar-refractivity contribution in [2.75, 3.05) is 18.6 Å². The van der Waals surface area contributed by atoms with Gasteiger partial charge in [-0.1, -0.05) is 26.8 Å². The molecule has 4 saturated carbocycles. The lowest BCUT2D eigenvalue weighted by Gasteiger charge is -2.64. The lowest BCUT2D eigenvalue weighted by atomic mass is 9.40. The second kappa shape index (κ2) is 20.9. The summed E-state index contributed by atoms with van der Waals surface area (Å²) in [6.45, 7) is 14.7. The lowest BCUT2D eigenvalue weighted by Crippen LogP contribution is -2.67. The number of carbonyl (C=O) groups excluding carboxylic acids is 7. The summed E-state index contributed by atoms with van der Waals surface area (Å²) in [5.74, 6) is -4.60. The average Bonchev–Trinajstić information content (AvgIpc) is 3.47. The van der Waals surface area contributed by atoms with E-state index in [1.807, 2.05) is 0 Å². The molecule has 2 aliphatic heterocycles. The first-order valence-corrected chi connectivity index (χ1v) is 23.9. The van der Waals surface area contributed by atoms with Crippen LogP contribution in [0.5, 0.6) is 0 Å². The van der Waals surface area contributed by atoms with Crippen LogP contribution in [0.15, 0.2) is 36.7 Å². The third-order valence-corrected chi connectivity index (χ3v) is 15.6. The van der Waals surface area contributed by atoms with Crippen LogP contribution in [0.25, 0.3) is 0 Å². The van der Waals surface area contributed by atoms with E-state index in [-0.39, 0.29) is 28.6 Å². The summed E-state index contributed by atoms with van der Waals surface area (Å²) >= 11 is 0. The molecular formula is C49H67N3O18. The number of aliphatic hydroxyl groups is 1. The molecule has 386 valence electrons. The van der Waals surface area contributed by atoms with Gasteiger partial charge in [-0.15, -0.1) is 0 Å². The van der Waals surface area contributed by atoms with Crippen molar-refractivity contribution in [1.29, 1.82) is 0 Å². The number of fused-ring (bicyclic) bond motifs is 3. The van der Waals surface area contributed by atoms with Crippen molar-refractivity contribution in [3.8, 4) is 0 Å². The van der Waals surface area contributed by atoms with E-state index in [1.165, 1.54) is 6.92 Å². The van der Waals surface area contributed by atoms with Crippen LogP contribution in [-0.2, 0) is 80.9 Å². The SMILES string of the molecule is C=C1C[C@]23CC[C@@H]4[C@](C)(CCC[C@@]4(C)C(=O)NNc4ccncc4)[C@H]2CC[C@]1(O[C@@H]1O[C@H](COC(C)=O)[C@@H](OC(C)=O)[C@H](OC(C)=O)[C@H]1O[C@@H]1O[C@H](COC(C)=O)[C@@H](OC(C)=O)[C@H](OC(C)=O)[C@H]1O)C3. The molecule has 16 atom stereocenters. The summed E-state index contributed by atoms with van der Waals surface area (Å²) in [6, 6.07) is 3.56. The van der Waals surface area contributed by atoms with E-state index in [0.29, 0.717) is 25.7 Å². The van der Waals surface area contributed by atoms with Crippen LogP contribution in [0.3, 0.4) is 0 Å². The maximum Gasteiger partial charge on any atom is 0.303 e. The van der Waals surface area contributed by atoms with Gasteiger partial charge in [0.15, 0.2) is 43.1 Å². The summed E-state index contributed by atoms with van der Waals surface area (Å²) in [6.07, 6.45) is -6.22. The fourth-order valence-electron chi connectivity index (χ4n) is 13.0. The van der Waals surface area contributed by atoms with Gasteiger partial charge in [-0.3, -0.25) is 49.4 Å². The van der Waals surface area contributed by atoms with Gasteiger partial charge in [-0.25, -0.2) is 0 Å². The first-order chi connectivity index (χ1) is 33.0. The molecule has 70 heavy (non-hydrogen) atoms. The number of anilines is 1. The molecule has 21 nitrogen and oxygen atoms in total. The van der Waals surface area contributed by atoms with Gasteiger partial charge in [0.05, 0.1) is 16.7 Å². The Bertz CT molecular complexity index is 2180. The maximum absolute atomic E-state index is 14.2. The Balaban J connectivity index is 1.22. The Labute approximate surface area is 406 Å². The van der Waals surface area contributed by atoms with Crippen LogP contribution in [0, 0.1) is 28.1 Å². The van der Waals surface area contributed by atoms with Gasteiger partial charge in [0.1, 0.15) is 31.5 Å². The van der Waals surface area contributed by atoms with E-state index in [9.17, 15) is 38.7 Å². The number of nitrogens with zero attached hydrogens (tertiary/aromatic N) is 1. The van der Waals surface area contributed by atoms with E-state index in [1.54, 1.807) is 24.5 Å². The van der Waals surface area contributed by atoms with E-state index in [4.69, 9.17) is 47.4 Å². The zero-order valence-corrected chi connectivity index (χ0v) is 41.1. The molecule has 3 N–H and O–H groups in total. The van der Waals surface area contributed by atoms with Crippen molar-refractivity contribution in [3.05, 3.63) is 36.7 Å². The summed E-state index contributed by atoms with van der Waals surface area (Å²) < 4.78 is 59.8. The number of hydrogen-bond donors (Lipinski definition) is 3. The van der Waals surface area contributed by atoms with Crippen molar-refractivity contribution >= 4 is 47.4 Å². The number of hydrogen-bond acceptors (Lipinski definition) is 20. The monoisotopic (exact) mass is 985 g/mol. The number of pyridine rings is 1. The molecule has 7 rings (SSSR count). The van der Waals surface area contributed by atoms with Crippen LogP contribution in [0.1, 0.15) is 113 Å². The minimum absolute atomic E-state index is 0.0652. The zero-order valence-electron chi connectivity index (χ0n) is 41.1. The molecule has 1 aromatic heterocycles. The summed E-state index contributed by atoms with van der Waals surface area (Å²) in [7, 11) is 0. The Morgan fingerprint density at radius 3 is 1.83 bits per heavy atom. The molecule has 2 bridgehead atoms. The van der Waals surface area contributed by atoms with E-state index in [0.717, 1.165) is 78.0 Å². The molecular weight excluding hydrogens is 919 g/mol. The number of amides is 1. The van der Waals surface area contributed by atoms with Crippen LogP contribution >= 0.6 is 0 Å². The standard InChI is InChI=1S/C49H67N3O18/c1-25-21-48-17-11-35-46(8,15-10-16-47(35,9)45(60)52-51-32-13-19-50-20-14-32)36(48)12-18-49(25,24-48)70-44-42(41(66-31(7)58)39(64-29(5)56)34(68-44)23-62-27(3)54)69-43-37(59)40(65-30(6)57)38(63-28(4)55)33(67-43)22-61-26(2)53/h13-14,19-20,33-44,59H,1,10-12,15-18,21-24H2,2-9H3,(H,50,51)(H,52,60)/t33-,34-,35-,36-,37-,38-,39-,40-,41+,42-,43+,44+,46+,47-,48+,49+/m1/s1. The number of nitrogens with one attached hydrogen (secondary N) is 2. The van der Waals surface area contributed by atoms with Crippen molar-refractivity contribution in [3.63, 3.8) is 0 Å². The number of carbonyl (C=O) groups is 7. The number of hydrazine groups is 1. The number of ether oxygens (including phenoxy) is 10. The topological polar surface area (TPSA) is 269 Å². The third kappa shape index (κ3) is 10.7. The van der Waals surface area contributed by atoms with Crippen LogP contribution < -0.4 is 10.9 Å². The smallest absolute Gasteiger partial charge is 0.303 e. The molecule has 0 aromatic carbocycles. The zero-order chi connectivity index (χ0) is 50.9. The highest BCUT2D eigenvalue weighted by molar-refractivity contribution is 5.84. The van der Waals surface area contributed by atoms with Crippen molar-refractivity contribution in [1.82, 2.24) is 10.4 Å². The van der Waals surface area contributed by atoms with Crippen molar-refractivity contribution in [2.24, 2.45) is 28.1 Å². The highest BCUT2D eigenvalue weighted by Gasteiger charge is 2.69. The number of aliphatic hydroxyl groups excluding tert-OH is 1. The van der Waals surface area contributed by atoms with Crippen LogP contribution in [0.2, 0.25) is 0 Å². The van der Waals surface area contributed by atoms with Gasteiger partial charge >= 0.3 is 35.8 Å². The van der Waals surface area contributed by atoms with E-state index < -0.39 is 121 Å². The molecule has 6 aliphatic rings. The predicted molar refractivity (Wildman–Crippen MR) is 240 cm³/mol. The number of rotatable bonds is 15. The van der Waals surface area contributed by atoms with Gasteiger partial charge in [-0.05, 0) is 91.7 Å². The van der Waals surface area contributed by atoms with Crippen LogP contribution in [-0.4, -0.2) is 132 Å². The van der Waals surface area contributed by atoms with Gasteiger partial charge in [0.2, 0.25) is 5.91 Å². The van der Waals surface area contributed by atoms with Crippen LogP contribution in [0.4, 0.5) is 5.69 Å². The second-order valence-electron chi connectivity index (χ2n) is 20.3. The lowest BCUT2D eigenvalue weighted by molar-refractivity contribution is -0.378. The van der Waals surface area contributed by atoms with E-state index in [2.05, 4.69) is 36.3 Å². The quantitative estimate of drug-likeness (QED) is 0.0744. The molecule has 1 amide bonds. The minimum atomic E-state index is -1.92. The molecule has 1 aromatic rings. The highest BCUT2D eigenvalue weighted by Crippen LogP contribution is 2.73. The van der Waals surface area contributed by atoms with Gasteiger partial charge in [0, 0.05) is 53.9 Å². The third-order valence-electron chi connectivity index (χ3n) is 15.6. The summed E-state index contributed by atoms with van der Waals surface area (Å²) in [4.78, 5) is 93.1. The molecule has 3 heterocycles. The maximum atomic E-state index is 14.2. The molecule has 21 heteroatoms. The highest BCUT2D eigenvalue weighted by atomic mass is 16.8. The Morgan fingerprint density at radius 2 is 1.24 bits per heavy atom. The van der Waals surface area contributed by atoms with Gasteiger partial charge in [-0.2, -0.15) is 0 Å². The summed E-state index contributed by atoms with van der Waals surface area (Å²) in [5, 5.41) is 11.9. The van der Waals surface area contributed by atoms with Gasteiger partial charge < -0.3 is 52.5 Å². The Hall–Kier alpha value is -5.22. The minimum Gasteiger partial charge on any atom is -0.463 e. The number of aromatic nitrogens is 1. The predicted octanol–water partition coefficient (Wildman–Crippen LogP) is 3.68. The number of esters is 6. The molecule has 6 fully saturated rings. The Kier molecular flexibility index (Phi) is 15.7. The van der Waals surface area contributed by atoms with Crippen molar-refractivity contribution in [2.45, 2.75) is 180 Å². The average molecular weight is 986 g/mol. The molecule has 0 radical (unpaired) electrons. The second-order valence-corrected chi connectivity index (χ2v) is 20.3. The molecule has 0 unspecified atom stereocenters. The molecule has 2 saturated heterocycles. The molecule has 1 spiro atoms. The Morgan fingerprint density at radius 1 is 0.700 bits per heavy atom.